The topological polar surface area (TPSA) is 75.6 Å². The molecule has 0 spiro atoms. The van der Waals surface area contributed by atoms with Gasteiger partial charge in [-0.15, -0.1) is 0 Å². The number of carboxylic acids is 1. The van der Waals surface area contributed by atoms with E-state index in [1.807, 2.05) is 73.7 Å². The minimum absolute atomic E-state index is 0.0796. The van der Waals surface area contributed by atoms with Crippen molar-refractivity contribution in [1.82, 2.24) is 0 Å². The number of rotatable bonds is 11. The van der Waals surface area contributed by atoms with Crippen molar-refractivity contribution in [3.05, 3.63) is 107 Å². The van der Waals surface area contributed by atoms with E-state index >= 15 is 0 Å². The van der Waals surface area contributed by atoms with E-state index in [9.17, 15) is 9.59 Å². The van der Waals surface area contributed by atoms with Gasteiger partial charge in [0.25, 0.3) is 0 Å². The molecule has 39 heavy (non-hydrogen) atoms. The van der Waals surface area contributed by atoms with Crippen molar-refractivity contribution in [3.8, 4) is 5.75 Å². The smallest absolute Gasteiger partial charge is 0.303 e. The SMILES string of the molecule is Cc1cc(OCc2ccc(CCCC(=O)O)c(NC(=O)C(C)c3cccc4ccccc34)c2)cc(C(C)C)c1. The van der Waals surface area contributed by atoms with Crippen LogP contribution in [0.1, 0.15) is 73.3 Å². The van der Waals surface area contributed by atoms with Crippen LogP contribution in [0.3, 0.4) is 0 Å². The van der Waals surface area contributed by atoms with Gasteiger partial charge in [-0.3, -0.25) is 9.59 Å². The third-order valence-electron chi connectivity index (χ3n) is 7.10. The number of anilines is 1. The maximum absolute atomic E-state index is 13.5. The van der Waals surface area contributed by atoms with E-state index in [0.717, 1.165) is 38.8 Å². The Bertz CT molecular complexity index is 1470. The van der Waals surface area contributed by atoms with E-state index in [0.29, 0.717) is 31.1 Å². The molecule has 4 aromatic rings. The molecule has 0 fully saturated rings. The minimum atomic E-state index is -0.825. The number of hydrogen-bond donors (Lipinski definition) is 2. The molecule has 4 rings (SSSR count). The summed E-state index contributed by atoms with van der Waals surface area (Å²) in [6.45, 7) is 8.66. The van der Waals surface area contributed by atoms with Crippen LogP contribution in [0.25, 0.3) is 10.8 Å². The van der Waals surface area contributed by atoms with Crippen LogP contribution in [-0.2, 0) is 22.6 Å². The van der Waals surface area contributed by atoms with Crippen LogP contribution in [0.4, 0.5) is 5.69 Å². The summed E-state index contributed by atoms with van der Waals surface area (Å²) in [6, 6.07) is 26.3. The first kappa shape index (κ1) is 27.9. The molecule has 0 aliphatic rings. The summed E-state index contributed by atoms with van der Waals surface area (Å²) in [4.78, 5) is 24.6. The summed E-state index contributed by atoms with van der Waals surface area (Å²) in [7, 11) is 0. The van der Waals surface area contributed by atoms with Gasteiger partial charge in [-0.25, -0.2) is 0 Å². The van der Waals surface area contributed by atoms with Gasteiger partial charge < -0.3 is 15.2 Å². The first-order valence-corrected chi connectivity index (χ1v) is 13.6. The quantitative estimate of drug-likeness (QED) is 0.209. The first-order chi connectivity index (χ1) is 18.7. The van der Waals surface area contributed by atoms with E-state index in [1.165, 1.54) is 5.56 Å². The van der Waals surface area contributed by atoms with E-state index in [4.69, 9.17) is 9.84 Å². The normalized spacial score (nSPS) is 11.9. The third kappa shape index (κ3) is 7.26. The van der Waals surface area contributed by atoms with Crippen molar-refractivity contribution in [2.75, 3.05) is 5.32 Å². The van der Waals surface area contributed by atoms with Crippen molar-refractivity contribution in [3.63, 3.8) is 0 Å². The maximum Gasteiger partial charge on any atom is 0.303 e. The Morgan fingerprint density at radius 1 is 0.923 bits per heavy atom. The lowest BCUT2D eigenvalue weighted by atomic mass is 9.94. The largest absolute Gasteiger partial charge is 0.489 e. The summed E-state index contributed by atoms with van der Waals surface area (Å²) >= 11 is 0. The van der Waals surface area contributed by atoms with Gasteiger partial charge in [-0.2, -0.15) is 0 Å². The number of nitrogens with one attached hydrogen (secondary N) is 1. The highest BCUT2D eigenvalue weighted by Crippen LogP contribution is 2.29. The number of fused-ring (bicyclic) bond motifs is 1. The molecule has 2 N–H and O–H groups in total. The van der Waals surface area contributed by atoms with Gasteiger partial charge in [0, 0.05) is 12.1 Å². The average Bonchev–Trinajstić information content (AvgIpc) is 2.91. The van der Waals surface area contributed by atoms with Gasteiger partial charge in [0.15, 0.2) is 0 Å². The molecule has 0 saturated carbocycles. The molecule has 1 amide bonds. The number of hydrogen-bond acceptors (Lipinski definition) is 3. The highest BCUT2D eigenvalue weighted by atomic mass is 16.5. The summed E-state index contributed by atoms with van der Waals surface area (Å²) < 4.78 is 6.15. The number of amides is 1. The van der Waals surface area contributed by atoms with E-state index < -0.39 is 5.97 Å². The Morgan fingerprint density at radius 2 is 1.69 bits per heavy atom. The standard InChI is InChI=1S/C34H37NO4/c1-22(2)28-17-23(3)18-29(20-28)39-21-25-15-16-27(11-8-14-33(36)37)32(19-25)35-34(38)24(4)30-13-7-10-26-9-5-6-12-31(26)30/h5-7,9-10,12-13,15-20,22,24H,8,11,14,21H2,1-4H3,(H,35,38)(H,36,37). The molecule has 5 heteroatoms. The number of ether oxygens (including phenoxy) is 1. The average molecular weight is 524 g/mol. The highest BCUT2D eigenvalue weighted by molar-refractivity contribution is 5.99. The fourth-order valence-corrected chi connectivity index (χ4v) is 4.85. The second-order valence-electron chi connectivity index (χ2n) is 10.5. The number of carboxylic acid groups (broad SMARTS) is 1. The molecule has 0 heterocycles. The zero-order valence-electron chi connectivity index (χ0n) is 23.2. The van der Waals surface area contributed by atoms with Gasteiger partial charge in [-0.1, -0.05) is 74.5 Å². The van der Waals surface area contributed by atoms with Gasteiger partial charge >= 0.3 is 5.97 Å². The second kappa shape index (κ2) is 12.6. The van der Waals surface area contributed by atoms with Crippen molar-refractivity contribution in [1.29, 1.82) is 0 Å². The lowest BCUT2D eigenvalue weighted by molar-refractivity contribution is -0.137. The molecule has 0 aromatic heterocycles. The predicted molar refractivity (Wildman–Crippen MR) is 158 cm³/mol. The van der Waals surface area contributed by atoms with Crippen molar-refractivity contribution >= 4 is 28.3 Å². The Labute approximate surface area is 230 Å². The summed E-state index contributed by atoms with van der Waals surface area (Å²) in [5.41, 5.74) is 5.90. The number of carbonyl (C=O) groups is 2. The van der Waals surface area contributed by atoms with Crippen LogP contribution in [0.5, 0.6) is 5.75 Å². The molecule has 0 bridgehead atoms. The lowest BCUT2D eigenvalue weighted by Crippen LogP contribution is -2.20. The van der Waals surface area contributed by atoms with Crippen LogP contribution < -0.4 is 10.1 Å². The number of aliphatic carboxylic acids is 1. The monoisotopic (exact) mass is 523 g/mol. The minimum Gasteiger partial charge on any atom is -0.489 e. The molecule has 202 valence electrons. The van der Waals surface area contributed by atoms with E-state index in [2.05, 4.69) is 38.2 Å². The van der Waals surface area contributed by atoms with Crippen molar-refractivity contribution in [2.24, 2.45) is 0 Å². The second-order valence-corrected chi connectivity index (χ2v) is 10.5. The highest BCUT2D eigenvalue weighted by Gasteiger charge is 2.19. The maximum atomic E-state index is 13.5. The molecular weight excluding hydrogens is 486 g/mol. The Hall–Kier alpha value is -4.12. The van der Waals surface area contributed by atoms with Crippen LogP contribution in [0.15, 0.2) is 78.9 Å². The van der Waals surface area contributed by atoms with Crippen molar-refractivity contribution < 1.29 is 19.4 Å². The van der Waals surface area contributed by atoms with Crippen molar-refractivity contribution in [2.45, 2.75) is 65.4 Å². The number of carbonyl (C=O) groups excluding carboxylic acids is 1. The Morgan fingerprint density at radius 3 is 2.46 bits per heavy atom. The number of aryl methyl sites for hydroxylation is 2. The lowest BCUT2D eigenvalue weighted by Gasteiger charge is -2.18. The molecule has 0 aliphatic carbocycles. The van der Waals surface area contributed by atoms with Crippen LogP contribution in [0, 0.1) is 6.92 Å². The third-order valence-corrected chi connectivity index (χ3v) is 7.10. The molecule has 4 aromatic carbocycles. The molecule has 5 nitrogen and oxygen atoms in total. The molecule has 0 radical (unpaired) electrons. The van der Waals surface area contributed by atoms with Gasteiger partial charge in [0.2, 0.25) is 5.91 Å². The van der Waals surface area contributed by atoms with Crippen LogP contribution >= 0.6 is 0 Å². The first-order valence-electron chi connectivity index (χ1n) is 13.6. The zero-order chi connectivity index (χ0) is 27.9. The Balaban J connectivity index is 1.56. The Kier molecular flexibility index (Phi) is 9.03. The van der Waals surface area contributed by atoms with Crippen LogP contribution in [0.2, 0.25) is 0 Å². The summed E-state index contributed by atoms with van der Waals surface area (Å²) in [6.07, 6.45) is 1.13. The van der Waals surface area contributed by atoms with Gasteiger partial charge in [-0.05, 0) is 89.4 Å². The zero-order valence-corrected chi connectivity index (χ0v) is 23.2. The molecular formula is C34H37NO4. The van der Waals surface area contributed by atoms with Gasteiger partial charge in [0.05, 0.1) is 5.92 Å². The summed E-state index contributed by atoms with van der Waals surface area (Å²) in [5, 5.41) is 14.4. The predicted octanol–water partition coefficient (Wildman–Crippen LogP) is 8.00. The van der Waals surface area contributed by atoms with Gasteiger partial charge in [0.1, 0.15) is 12.4 Å². The van der Waals surface area contributed by atoms with E-state index in [-0.39, 0.29) is 18.2 Å². The molecule has 0 aliphatic heterocycles. The molecule has 1 atom stereocenters. The number of benzene rings is 4. The van der Waals surface area contributed by atoms with E-state index in [1.54, 1.807) is 0 Å². The molecule has 1 unspecified atom stereocenters. The molecule has 0 saturated heterocycles. The fraction of sp³-hybridized carbons (Fsp3) is 0.294. The van der Waals surface area contributed by atoms with Crippen LogP contribution in [-0.4, -0.2) is 17.0 Å². The summed E-state index contributed by atoms with van der Waals surface area (Å²) in [5.74, 6) is -0.0785. The fourth-order valence-electron chi connectivity index (χ4n) is 4.85.